The van der Waals surface area contributed by atoms with Crippen LogP contribution in [0.5, 0.6) is 5.75 Å². The first-order valence-electron chi connectivity index (χ1n) is 11.2. The van der Waals surface area contributed by atoms with Crippen molar-refractivity contribution in [3.8, 4) is 28.0 Å². The van der Waals surface area contributed by atoms with Crippen LogP contribution in [-0.2, 0) is 10.1 Å². The van der Waals surface area contributed by atoms with E-state index in [-0.39, 0.29) is 11.3 Å². The van der Waals surface area contributed by atoms with Crippen molar-refractivity contribution < 1.29 is 25.8 Å². The highest BCUT2D eigenvalue weighted by Crippen LogP contribution is 2.47. The van der Waals surface area contributed by atoms with E-state index in [0.29, 0.717) is 5.56 Å². The molecule has 0 aliphatic heterocycles. The zero-order chi connectivity index (χ0) is 25.7. The summed E-state index contributed by atoms with van der Waals surface area (Å²) in [6, 6.07) is 27.4. The summed E-state index contributed by atoms with van der Waals surface area (Å²) in [5.74, 6) is -0.384. The van der Waals surface area contributed by atoms with Gasteiger partial charge in [-0.2, -0.15) is 21.6 Å². The summed E-state index contributed by atoms with van der Waals surface area (Å²) in [5, 5.41) is 3.35. The topological polar surface area (TPSA) is 43.4 Å². The van der Waals surface area contributed by atoms with Crippen LogP contribution in [0.2, 0.25) is 0 Å². The molecule has 36 heavy (non-hydrogen) atoms. The first-order chi connectivity index (χ1) is 17.1. The van der Waals surface area contributed by atoms with Gasteiger partial charge in [0, 0.05) is 11.1 Å². The van der Waals surface area contributed by atoms with E-state index in [1.165, 1.54) is 12.1 Å². The minimum atomic E-state index is -5.85. The maximum absolute atomic E-state index is 13.2. The number of hydrogen-bond donors (Lipinski definition) is 0. The highest BCUT2D eigenvalue weighted by atomic mass is 32.2. The number of alkyl halides is 3. The molecule has 0 heterocycles. The molecular weight excluding hydrogens is 485 g/mol. The van der Waals surface area contributed by atoms with E-state index in [1.807, 2.05) is 80.6 Å². The molecule has 5 aromatic rings. The largest absolute Gasteiger partial charge is 0.534 e. The lowest BCUT2D eigenvalue weighted by Gasteiger charge is -2.20. The minimum Gasteiger partial charge on any atom is -0.375 e. The molecule has 0 spiro atoms. The van der Waals surface area contributed by atoms with Gasteiger partial charge in [-0.25, -0.2) is 0 Å². The minimum absolute atomic E-state index is 0.256. The lowest BCUT2D eigenvalue weighted by Crippen LogP contribution is -2.28. The second kappa shape index (κ2) is 8.68. The molecule has 0 saturated heterocycles. The van der Waals surface area contributed by atoms with Crippen LogP contribution in [0, 0.1) is 13.8 Å². The molecule has 0 bridgehead atoms. The average molecular weight is 507 g/mol. The third-order valence-electron chi connectivity index (χ3n) is 6.23. The van der Waals surface area contributed by atoms with E-state index >= 15 is 0 Å². The summed E-state index contributed by atoms with van der Waals surface area (Å²) >= 11 is 0. The van der Waals surface area contributed by atoms with Crippen molar-refractivity contribution in [1.29, 1.82) is 0 Å². The number of benzene rings is 5. The normalized spacial score (nSPS) is 12.2. The quantitative estimate of drug-likeness (QED) is 0.140. The fourth-order valence-corrected chi connectivity index (χ4v) is 5.11. The molecular formula is C29H21F3O3S. The summed E-state index contributed by atoms with van der Waals surface area (Å²) < 4.78 is 68.0. The molecule has 0 saturated carbocycles. The van der Waals surface area contributed by atoms with Crippen LogP contribution in [-0.4, -0.2) is 13.9 Å². The van der Waals surface area contributed by atoms with E-state index in [4.69, 9.17) is 0 Å². The molecule has 5 aromatic carbocycles. The van der Waals surface area contributed by atoms with Gasteiger partial charge in [0.25, 0.3) is 0 Å². The van der Waals surface area contributed by atoms with E-state index in [1.54, 1.807) is 12.1 Å². The number of fused-ring (bicyclic) bond motifs is 2. The molecule has 0 fully saturated rings. The van der Waals surface area contributed by atoms with Crippen LogP contribution in [0.4, 0.5) is 13.2 Å². The molecule has 7 heteroatoms. The summed E-state index contributed by atoms with van der Waals surface area (Å²) in [7, 11) is -5.85. The molecule has 0 radical (unpaired) electrons. The molecule has 5 rings (SSSR count). The van der Waals surface area contributed by atoms with Gasteiger partial charge in [0.2, 0.25) is 0 Å². The van der Waals surface area contributed by atoms with Gasteiger partial charge in [-0.3, -0.25) is 0 Å². The van der Waals surface area contributed by atoms with Crippen molar-refractivity contribution >= 4 is 31.7 Å². The van der Waals surface area contributed by atoms with E-state index < -0.39 is 15.6 Å². The third-order valence-corrected chi connectivity index (χ3v) is 7.20. The predicted molar refractivity (Wildman–Crippen MR) is 137 cm³/mol. The third kappa shape index (κ3) is 3.99. The summed E-state index contributed by atoms with van der Waals surface area (Å²) in [4.78, 5) is 0. The Labute approximate surface area is 206 Å². The number of hydrogen-bond acceptors (Lipinski definition) is 3. The van der Waals surface area contributed by atoms with Crippen molar-refractivity contribution in [3.05, 3.63) is 102 Å². The lowest BCUT2D eigenvalue weighted by atomic mass is 9.84. The number of para-hydroxylation sites is 1. The summed E-state index contributed by atoms with van der Waals surface area (Å²) in [6.45, 7) is 4.01. The van der Waals surface area contributed by atoms with Gasteiger partial charge >= 0.3 is 15.6 Å². The SMILES string of the molecule is Cc1ccc2c(-c3ccccc3OS(=O)(=O)C(F)(F)F)c3ccccc3c(-c3ccccc3C)c2c1. The van der Waals surface area contributed by atoms with E-state index in [2.05, 4.69) is 4.18 Å². The van der Waals surface area contributed by atoms with Gasteiger partial charge in [0.05, 0.1) is 0 Å². The molecule has 0 N–H and O–H groups in total. The molecule has 0 amide bonds. The zero-order valence-corrected chi connectivity index (χ0v) is 20.2. The van der Waals surface area contributed by atoms with Crippen molar-refractivity contribution in [2.45, 2.75) is 19.4 Å². The molecule has 0 aromatic heterocycles. The van der Waals surface area contributed by atoms with Crippen molar-refractivity contribution in [3.63, 3.8) is 0 Å². The van der Waals surface area contributed by atoms with E-state index in [0.717, 1.165) is 43.8 Å². The van der Waals surface area contributed by atoms with Crippen LogP contribution in [0.1, 0.15) is 11.1 Å². The molecule has 0 atom stereocenters. The Bertz CT molecular complexity index is 1740. The molecule has 0 aliphatic carbocycles. The second-order valence-electron chi connectivity index (χ2n) is 8.64. The maximum atomic E-state index is 13.2. The summed E-state index contributed by atoms with van der Waals surface area (Å²) in [5.41, 5.74) is -0.540. The zero-order valence-electron chi connectivity index (χ0n) is 19.4. The predicted octanol–water partition coefficient (Wildman–Crippen LogP) is 8.17. The fraction of sp³-hybridized carbons (Fsp3) is 0.103. The van der Waals surface area contributed by atoms with Gasteiger partial charge in [-0.05, 0) is 58.1 Å². The number of rotatable bonds is 4. The average Bonchev–Trinajstić information content (AvgIpc) is 2.83. The Kier molecular flexibility index (Phi) is 5.75. The van der Waals surface area contributed by atoms with Crippen molar-refractivity contribution in [2.24, 2.45) is 0 Å². The maximum Gasteiger partial charge on any atom is 0.534 e. The van der Waals surface area contributed by atoms with Crippen LogP contribution in [0.25, 0.3) is 43.8 Å². The van der Waals surface area contributed by atoms with Gasteiger partial charge in [0.1, 0.15) is 0 Å². The molecule has 0 unspecified atom stereocenters. The summed E-state index contributed by atoms with van der Waals surface area (Å²) in [6.07, 6.45) is 0. The van der Waals surface area contributed by atoms with E-state index in [9.17, 15) is 21.6 Å². The molecule has 182 valence electrons. The Balaban J connectivity index is 1.92. The van der Waals surface area contributed by atoms with Gasteiger partial charge in [-0.15, -0.1) is 0 Å². The standard InChI is InChI=1S/C29H21F3O3S/c1-18-15-16-23-25(17-18)27(20-10-4-3-9-19(20)2)21-11-5-6-12-22(21)28(23)24-13-7-8-14-26(24)35-36(33,34)29(30,31)32/h3-17H,1-2H3. The highest BCUT2D eigenvalue weighted by molar-refractivity contribution is 7.88. The monoisotopic (exact) mass is 506 g/mol. The van der Waals surface area contributed by atoms with Gasteiger partial charge < -0.3 is 4.18 Å². The second-order valence-corrected chi connectivity index (χ2v) is 10.2. The van der Waals surface area contributed by atoms with Gasteiger partial charge in [-0.1, -0.05) is 90.5 Å². The lowest BCUT2D eigenvalue weighted by molar-refractivity contribution is -0.0499. The van der Waals surface area contributed by atoms with Crippen molar-refractivity contribution in [2.75, 3.05) is 0 Å². The molecule has 3 nitrogen and oxygen atoms in total. The Morgan fingerprint density at radius 3 is 1.81 bits per heavy atom. The smallest absolute Gasteiger partial charge is 0.375 e. The van der Waals surface area contributed by atoms with Crippen LogP contribution in [0.3, 0.4) is 0 Å². The first-order valence-corrected chi connectivity index (χ1v) is 12.6. The highest BCUT2D eigenvalue weighted by Gasteiger charge is 2.48. The molecule has 0 aliphatic rings. The fourth-order valence-electron chi connectivity index (χ4n) is 4.64. The van der Waals surface area contributed by atoms with Gasteiger partial charge in [0.15, 0.2) is 5.75 Å². The van der Waals surface area contributed by atoms with Crippen LogP contribution in [0.15, 0.2) is 91.0 Å². The van der Waals surface area contributed by atoms with Crippen LogP contribution < -0.4 is 4.18 Å². The Hall–Kier alpha value is -3.84. The number of halogens is 3. The van der Waals surface area contributed by atoms with Crippen LogP contribution >= 0.6 is 0 Å². The Morgan fingerprint density at radius 2 is 1.17 bits per heavy atom. The number of aryl methyl sites for hydroxylation is 2. The van der Waals surface area contributed by atoms with Crippen molar-refractivity contribution in [1.82, 2.24) is 0 Å². The Morgan fingerprint density at radius 1 is 0.639 bits per heavy atom. The first kappa shape index (κ1) is 23.9.